The molecule has 2 heterocycles. The van der Waals surface area contributed by atoms with Crippen LogP contribution in [0.15, 0.2) is 89.1 Å². The molecule has 0 saturated carbocycles. The summed E-state index contributed by atoms with van der Waals surface area (Å²) in [4.78, 5) is 12.5. The van der Waals surface area contributed by atoms with E-state index >= 15 is 0 Å². The summed E-state index contributed by atoms with van der Waals surface area (Å²) in [6.45, 7) is 3.12. The first-order valence-electron chi connectivity index (χ1n) is 11.6. The van der Waals surface area contributed by atoms with Crippen LogP contribution < -0.4 is 0 Å². The van der Waals surface area contributed by atoms with Crippen molar-refractivity contribution in [1.29, 1.82) is 0 Å². The van der Waals surface area contributed by atoms with Crippen LogP contribution in [0.3, 0.4) is 0 Å². The Morgan fingerprint density at radius 2 is 1.73 bits per heavy atom. The van der Waals surface area contributed by atoms with Gasteiger partial charge in [0, 0.05) is 51.4 Å². The van der Waals surface area contributed by atoms with E-state index in [1.54, 1.807) is 18.2 Å². The van der Waals surface area contributed by atoms with Crippen LogP contribution in [0.4, 0.5) is 0 Å². The zero-order chi connectivity index (χ0) is 25.9. The second-order valence-corrected chi connectivity index (χ2v) is 10.1. The maximum atomic E-state index is 12.3. The number of fused-ring (bicyclic) bond motifs is 1. The lowest BCUT2D eigenvalue weighted by Gasteiger charge is -2.08. The molecule has 0 spiro atoms. The third-order valence-corrected chi connectivity index (χ3v) is 7.57. The van der Waals surface area contributed by atoms with Crippen molar-refractivity contribution in [3.63, 3.8) is 0 Å². The van der Waals surface area contributed by atoms with Crippen molar-refractivity contribution in [3.8, 4) is 11.4 Å². The Labute approximate surface area is 228 Å². The minimum atomic E-state index is -1.04. The molecule has 186 valence electrons. The third-order valence-electron chi connectivity index (χ3n) is 5.95. The molecule has 9 heteroatoms. The Morgan fingerprint density at radius 1 is 1.00 bits per heavy atom. The number of aliphatic carboxylic acids is 1. The highest BCUT2D eigenvalue weighted by molar-refractivity contribution is 8.04. The molecule has 0 unspecified atom stereocenters. The Balaban J connectivity index is 1.52. The van der Waals surface area contributed by atoms with Crippen molar-refractivity contribution >= 4 is 57.9 Å². The number of hydrogen-bond donors (Lipinski definition) is 1. The largest absolute Gasteiger partial charge is 0.477 e. The number of benzene rings is 3. The molecule has 0 fully saturated rings. The lowest BCUT2D eigenvalue weighted by Crippen LogP contribution is -2.02. The van der Waals surface area contributed by atoms with Crippen LogP contribution in [0.1, 0.15) is 18.1 Å². The van der Waals surface area contributed by atoms with E-state index in [0.717, 1.165) is 39.4 Å². The fourth-order valence-electron chi connectivity index (χ4n) is 4.17. The van der Waals surface area contributed by atoms with Gasteiger partial charge in [0.05, 0.1) is 0 Å². The van der Waals surface area contributed by atoms with Gasteiger partial charge in [-0.25, -0.2) is 4.79 Å². The summed E-state index contributed by atoms with van der Waals surface area (Å²) in [6, 6.07) is 22.9. The first-order valence-corrected chi connectivity index (χ1v) is 13.1. The van der Waals surface area contributed by atoms with Gasteiger partial charge in [0.2, 0.25) is 0 Å². The highest BCUT2D eigenvalue weighted by Crippen LogP contribution is 2.33. The van der Waals surface area contributed by atoms with Gasteiger partial charge in [-0.15, -0.1) is 10.2 Å². The van der Waals surface area contributed by atoms with E-state index in [2.05, 4.69) is 14.8 Å². The number of para-hydroxylation sites is 1. The molecule has 0 radical (unpaired) electrons. The highest BCUT2D eigenvalue weighted by Gasteiger charge is 2.19. The maximum absolute atomic E-state index is 12.3. The molecule has 0 aliphatic rings. The van der Waals surface area contributed by atoms with E-state index in [1.807, 2.05) is 78.4 Å². The van der Waals surface area contributed by atoms with Crippen LogP contribution in [-0.4, -0.2) is 30.4 Å². The van der Waals surface area contributed by atoms with E-state index in [0.29, 0.717) is 34.1 Å². The SMILES string of the molecule is CCn1c(S/C(=C\c2cn(Cc3ccccc3Cl)c3ccccc23)C(=O)O)nnc1-c1ccc(Cl)cc1. The summed E-state index contributed by atoms with van der Waals surface area (Å²) in [5.41, 5.74) is 3.63. The molecular formula is C28H22Cl2N4O2S. The van der Waals surface area contributed by atoms with Crippen LogP contribution in [0.2, 0.25) is 10.0 Å². The average Bonchev–Trinajstić information content (AvgIpc) is 3.46. The number of carboxylic acids is 1. The molecule has 0 aliphatic heterocycles. The van der Waals surface area contributed by atoms with Crippen LogP contribution in [-0.2, 0) is 17.9 Å². The topological polar surface area (TPSA) is 72.9 Å². The molecule has 0 atom stereocenters. The van der Waals surface area contributed by atoms with Crippen molar-refractivity contribution in [3.05, 3.63) is 105 Å². The van der Waals surface area contributed by atoms with E-state index in [-0.39, 0.29) is 4.91 Å². The molecule has 5 rings (SSSR count). The average molecular weight is 549 g/mol. The number of nitrogens with zero attached hydrogens (tertiary/aromatic N) is 4. The quantitative estimate of drug-likeness (QED) is 0.160. The predicted molar refractivity (Wildman–Crippen MR) is 150 cm³/mol. The number of aromatic nitrogens is 4. The molecule has 2 aromatic heterocycles. The lowest BCUT2D eigenvalue weighted by atomic mass is 10.1. The van der Waals surface area contributed by atoms with Crippen LogP contribution >= 0.6 is 35.0 Å². The third kappa shape index (κ3) is 5.30. The number of thioether (sulfide) groups is 1. The van der Waals surface area contributed by atoms with Crippen LogP contribution in [0.25, 0.3) is 28.4 Å². The molecule has 3 aromatic carbocycles. The number of carboxylic acid groups (broad SMARTS) is 1. The van der Waals surface area contributed by atoms with Crippen LogP contribution in [0, 0.1) is 0 Å². The van der Waals surface area contributed by atoms with Gasteiger partial charge in [0.25, 0.3) is 0 Å². The van der Waals surface area contributed by atoms with Crippen molar-refractivity contribution in [1.82, 2.24) is 19.3 Å². The minimum Gasteiger partial charge on any atom is -0.477 e. The van der Waals surface area contributed by atoms with Gasteiger partial charge in [0.1, 0.15) is 4.91 Å². The number of rotatable bonds is 8. The summed E-state index contributed by atoms with van der Waals surface area (Å²) >= 11 is 13.5. The Bertz CT molecular complexity index is 1620. The van der Waals surface area contributed by atoms with Gasteiger partial charge in [-0.05, 0) is 66.7 Å². The number of carbonyl (C=O) groups is 1. The minimum absolute atomic E-state index is 0.144. The van der Waals surface area contributed by atoms with Gasteiger partial charge in [-0.2, -0.15) is 0 Å². The smallest absolute Gasteiger partial charge is 0.342 e. The predicted octanol–water partition coefficient (Wildman–Crippen LogP) is 7.49. The summed E-state index contributed by atoms with van der Waals surface area (Å²) in [5, 5.41) is 21.5. The summed E-state index contributed by atoms with van der Waals surface area (Å²) in [7, 11) is 0. The van der Waals surface area contributed by atoms with E-state index in [4.69, 9.17) is 23.2 Å². The summed E-state index contributed by atoms with van der Waals surface area (Å²) in [6.07, 6.45) is 3.65. The van der Waals surface area contributed by atoms with Crippen LogP contribution in [0.5, 0.6) is 0 Å². The van der Waals surface area contributed by atoms with Crippen molar-refractivity contribution in [2.24, 2.45) is 0 Å². The Morgan fingerprint density at radius 3 is 2.46 bits per heavy atom. The number of halogens is 2. The monoisotopic (exact) mass is 548 g/mol. The van der Waals surface area contributed by atoms with Gasteiger partial charge < -0.3 is 14.2 Å². The summed E-state index contributed by atoms with van der Waals surface area (Å²) < 4.78 is 3.98. The first kappa shape index (κ1) is 25.1. The van der Waals surface area contributed by atoms with Gasteiger partial charge in [-0.1, -0.05) is 59.6 Å². The Kier molecular flexibility index (Phi) is 7.37. The lowest BCUT2D eigenvalue weighted by molar-refractivity contribution is -0.131. The molecule has 0 aliphatic carbocycles. The molecule has 0 bridgehead atoms. The normalized spacial score (nSPS) is 11.8. The standard InChI is InChI=1S/C28H22Cl2N4O2S/c1-2-34-26(18-11-13-21(29)14-12-18)31-32-28(34)37-25(27(35)36)15-20-17-33(24-10-6-4-8-22(20)24)16-19-7-3-5-9-23(19)30/h3-15,17H,2,16H2,1H3,(H,35,36)/b25-15-. The molecular weight excluding hydrogens is 527 g/mol. The molecule has 0 amide bonds. The zero-order valence-corrected chi connectivity index (χ0v) is 22.1. The van der Waals surface area contributed by atoms with E-state index in [9.17, 15) is 9.90 Å². The highest BCUT2D eigenvalue weighted by atomic mass is 35.5. The maximum Gasteiger partial charge on any atom is 0.342 e. The zero-order valence-electron chi connectivity index (χ0n) is 19.8. The Hall–Kier alpha value is -3.52. The molecule has 6 nitrogen and oxygen atoms in total. The van der Waals surface area contributed by atoms with Gasteiger partial charge >= 0.3 is 5.97 Å². The van der Waals surface area contributed by atoms with Crippen molar-refractivity contribution < 1.29 is 9.90 Å². The molecule has 5 aromatic rings. The second kappa shape index (κ2) is 10.8. The van der Waals surface area contributed by atoms with E-state index < -0.39 is 5.97 Å². The fraction of sp³-hybridized carbons (Fsp3) is 0.107. The van der Waals surface area contributed by atoms with Crippen molar-refractivity contribution in [2.75, 3.05) is 0 Å². The van der Waals surface area contributed by atoms with Gasteiger partial charge in [0.15, 0.2) is 11.0 Å². The van der Waals surface area contributed by atoms with Gasteiger partial charge in [-0.3, -0.25) is 0 Å². The molecule has 0 saturated heterocycles. The molecule has 1 N–H and O–H groups in total. The first-order chi connectivity index (χ1) is 17.9. The second-order valence-electron chi connectivity index (χ2n) is 8.29. The summed E-state index contributed by atoms with van der Waals surface area (Å²) in [5.74, 6) is -0.380. The van der Waals surface area contributed by atoms with Crippen molar-refractivity contribution in [2.45, 2.75) is 25.2 Å². The van der Waals surface area contributed by atoms with E-state index in [1.165, 1.54) is 0 Å². The fourth-order valence-corrected chi connectivity index (χ4v) is 5.37. The number of hydrogen-bond acceptors (Lipinski definition) is 4. The molecule has 37 heavy (non-hydrogen) atoms.